The third-order valence-corrected chi connectivity index (χ3v) is 4.46. The van der Waals surface area contributed by atoms with Gasteiger partial charge in [0, 0.05) is 6.54 Å². The summed E-state index contributed by atoms with van der Waals surface area (Å²) in [5, 5.41) is -0.228. The van der Waals surface area contributed by atoms with Crippen molar-refractivity contribution in [2.45, 2.75) is 11.4 Å². The highest BCUT2D eigenvalue weighted by Gasteiger charge is 2.19. The Bertz CT molecular complexity index is 782. The van der Waals surface area contributed by atoms with Gasteiger partial charge in [-0.1, -0.05) is 17.7 Å². The Kier molecular flexibility index (Phi) is 4.46. The first-order valence-corrected chi connectivity index (χ1v) is 7.66. The van der Waals surface area contributed by atoms with E-state index >= 15 is 0 Å². The van der Waals surface area contributed by atoms with Crippen molar-refractivity contribution in [3.8, 4) is 0 Å². The summed E-state index contributed by atoms with van der Waals surface area (Å²) in [5.41, 5.74) is 5.77. The summed E-state index contributed by atoms with van der Waals surface area (Å²) in [6.45, 7) is -0.0688. The smallest absolute Gasteiger partial charge is 0.262 e. The van der Waals surface area contributed by atoms with E-state index in [-0.39, 0.29) is 27.7 Å². The van der Waals surface area contributed by atoms with Gasteiger partial charge in [-0.25, -0.2) is 17.2 Å². The average Bonchev–Trinajstić information content (AvgIpc) is 2.42. The third kappa shape index (κ3) is 3.49. The number of anilines is 1. The molecule has 0 atom stereocenters. The van der Waals surface area contributed by atoms with Crippen molar-refractivity contribution in [2.75, 3.05) is 4.72 Å². The summed E-state index contributed by atoms with van der Waals surface area (Å²) >= 11 is 5.58. The highest BCUT2D eigenvalue weighted by atomic mass is 35.5. The van der Waals surface area contributed by atoms with Gasteiger partial charge in [-0.15, -0.1) is 0 Å². The van der Waals surface area contributed by atoms with E-state index in [0.717, 1.165) is 24.3 Å². The zero-order chi connectivity index (χ0) is 15.6. The molecule has 8 heteroatoms. The molecule has 4 nitrogen and oxygen atoms in total. The molecule has 2 aromatic rings. The minimum atomic E-state index is -4.06. The highest BCUT2D eigenvalue weighted by Crippen LogP contribution is 2.24. The number of benzene rings is 2. The fourth-order valence-electron chi connectivity index (χ4n) is 1.72. The molecule has 21 heavy (non-hydrogen) atoms. The van der Waals surface area contributed by atoms with E-state index in [9.17, 15) is 17.2 Å². The van der Waals surface area contributed by atoms with E-state index in [2.05, 4.69) is 4.72 Å². The average molecular weight is 333 g/mol. The zero-order valence-corrected chi connectivity index (χ0v) is 12.2. The third-order valence-electron chi connectivity index (χ3n) is 2.71. The van der Waals surface area contributed by atoms with Crippen LogP contribution < -0.4 is 10.5 Å². The van der Waals surface area contributed by atoms with Gasteiger partial charge in [0.2, 0.25) is 0 Å². The Hall–Kier alpha value is -1.70. The van der Waals surface area contributed by atoms with Gasteiger partial charge in [0.05, 0.1) is 15.6 Å². The van der Waals surface area contributed by atoms with Crippen molar-refractivity contribution >= 4 is 27.3 Å². The van der Waals surface area contributed by atoms with Crippen LogP contribution in [0.3, 0.4) is 0 Å². The van der Waals surface area contributed by atoms with Crippen LogP contribution in [-0.4, -0.2) is 8.42 Å². The fourth-order valence-corrected chi connectivity index (χ4v) is 3.21. The number of halogens is 3. The first-order chi connectivity index (χ1) is 9.83. The summed E-state index contributed by atoms with van der Waals surface area (Å²) in [4.78, 5) is -0.273. The van der Waals surface area contributed by atoms with Crippen molar-refractivity contribution in [2.24, 2.45) is 5.73 Å². The summed E-state index contributed by atoms with van der Waals surface area (Å²) in [6.07, 6.45) is 0. The van der Waals surface area contributed by atoms with Gasteiger partial charge >= 0.3 is 0 Å². The molecule has 0 fully saturated rings. The molecular formula is C13H11ClF2N2O2S. The van der Waals surface area contributed by atoms with E-state index in [1.807, 2.05) is 0 Å². The predicted octanol–water partition coefficient (Wildman–Crippen LogP) is 2.88. The normalized spacial score (nSPS) is 11.4. The van der Waals surface area contributed by atoms with E-state index in [4.69, 9.17) is 17.3 Å². The minimum Gasteiger partial charge on any atom is -0.326 e. The van der Waals surface area contributed by atoms with Gasteiger partial charge < -0.3 is 5.73 Å². The SMILES string of the molecule is NCc1ccc(F)cc1S(=O)(=O)Nc1ccc(F)c(Cl)c1. The van der Waals surface area contributed by atoms with E-state index in [1.54, 1.807) is 0 Å². The summed E-state index contributed by atoms with van der Waals surface area (Å²) in [5.74, 6) is -1.38. The molecule has 0 saturated heterocycles. The van der Waals surface area contributed by atoms with Crippen LogP contribution in [0.1, 0.15) is 5.56 Å². The molecule has 0 unspecified atom stereocenters. The molecule has 0 aliphatic heterocycles. The van der Waals surface area contributed by atoms with Crippen molar-refractivity contribution in [1.82, 2.24) is 0 Å². The lowest BCUT2D eigenvalue weighted by atomic mass is 10.2. The minimum absolute atomic E-state index is 0.0635. The number of nitrogens with one attached hydrogen (secondary N) is 1. The number of rotatable bonds is 4. The highest BCUT2D eigenvalue weighted by molar-refractivity contribution is 7.92. The lowest BCUT2D eigenvalue weighted by Gasteiger charge is -2.12. The van der Waals surface area contributed by atoms with Crippen LogP contribution in [-0.2, 0) is 16.6 Å². The molecule has 2 rings (SSSR count). The Labute approximate surface area is 125 Å². The van der Waals surface area contributed by atoms with Gasteiger partial charge in [0.1, 0.15) is 11.6 Å². The van der Waals surface area contributed by atoms with Crippen LogP contribution in [0.4, 0.5) is 14.5 Å². The molecular weight excluding hydrogens is 322 g/mol. The maximum absolute atomic E-state index is 13.3. The van der Waals surface area contributed by atoms with Gasteiger partial charge in [-0.3, -0.25) is 4.72 Å². The largest absolute Gasteiger partial charge is 0.326 e. The molecule has 0 aromatic heterocycles. The predicted molar refractivity (Wildman–Crippen MR) is 76.5 cm³/mol. The number of hydrogen-bond acceptors (Lipinski definition) is 3. The fraction of sp³-hybridized carbons (Fsp3) is 0.0769. The number of hydrogen-bond donors (Lipinski definition) is 2. The monoisotopic (exact) mass is 332 g/mol. The second-order valence-corrected chi connectivity index (χ2v) is 6.25. The van der Waals surface area contributed by atoms with Crippen molar-refractivity contribution < 1.29 is 17.2 Å². The Morgan fingerprint density at radius 1 is 1.14 bits per heavy atom. The number of sulfonamides is 1. The van der Waals surface area contributed by atoms with Gasteiger partial charge in [0.15, 0.2) is 0 Å². The van der Waals surface area contributed by atoms with E-state index < -0.39 is 21.7 Å². The van der Waals surface area contributed by atoms with Crippen molar-refractivity contribution in [1.29, 1.82) is 0 Å². The Morgan fingerprint density at radius 3 is 2.48 bits per heavy atom. The molecule has 0 saturated carbocycles. The first-order valence-electron chi connectivity index (χ1n) is 5.80. The summed E-state index contributed by atoms with van der Waals surface area (Å²) < 4.78 is 53.0. The van der Waals surface area contributed by atoms with Gasteiger partial charge in [0.25, 0.3) is 10.0 Å². The molecule has 0 radical (unpaired) electrons. The maximum Gasteiger partial charge on any atom is 0.262 e. The van der Waals surface area contributed by atoms with E-state index in [1.165, 1.54) is 12.1 Å². The first kappa shape index (κ1) is 15.7. The lowest BCUT2D eigenvalue weighted by Crippen LogP contribution is -2.16. The second kappa shape index (κ2) is 5.97. The van der Waals surface area contributed by atoms with Crippen molar-refractivity contribution in [3.05, 3.63) is 58.6 Å². The molecule has 0 aliphatic carbocycles. The molecule has 0 aliphatic rings. The van der Waals surface area contributed by atoms with Gasteiger partial charge in [-0.2, -0.15) is 0 Å². The maximum atomic E-state index is 13.3. The molecule has 0 heterocycles. The summed E-state index contributed by atoms with van der Waals surface area (Å²) in [6, 6.07) is 6.64. The Morgan fingerprint density at radius 2 is 1.86 bits per heavy atom. The standard InChI is InChI=1S/C13H11ClF2N2O2S/c14-11-6-10(3-4-12(11)16)18-21(19,20)13-5-9(15)2-1-8(13)7-17/h1-6,18H,7,17H2. The Balaban J connectivity index is 2.42. The zero-order valence-electron chi connectivity index (χ0n) is 10.6. The second-order valence-electron chi connectivity index (χ2n) is 4.19. The topological polar surface area (TPSA) is 72.2 Å². The van der Waals surface area contributed by atoms with Crippen LogP contribution in [0.2, 0.25) is 5.02 Å². The molecule has 2 aromatic carbocycles. The molecule has 0 spiro atoms. The van der Waals surface area contributed by atoms with Crippen LogP contribution in [0.25, 0.3) is 0 Å². The van der Waals surface area contributed by atoms with Crippen LogP contribution in [0.15, 0.2) is 41.3 Å². The van der Waals surface area contributed by atoms with E-state index in [0.29, 0.717) is 0 Å². The van der Waals surface area contributed by atoms with Crippen molar-refractivity contribution in [3.63, 3.8) is 0 Å². The quantitative estimate of drug-likeness (QED) is 0.904. The van der Waals surface area contributed by atoms with Crippen LogP contribution in [0.5, 0.6) is 0 Å². The molecule has 0 bridgehead atoms. The molecule has 0 amide bonds. The number of nitrogens with two attached hydrogens (primary N) is 1. The molecule has 112 valence electrons. The van der Waals surface area contributed by atoms with Crippen LogP contribution >= 0.6 is 11.6 Å². The van der Waals surface area contributed by atoms with Crippen LogP contribution in [0, 0.1) is 11.6 Å². The molecule has 3 N–H and O–H groups in total. The summed E-state index contributed by atoms with van der Waals surface area (Å²) in [7, 11) is -4.06. The van der Waals surface area contributed by atoms with Gasteiger partial charge in [-0.05, 0) is 35.9 Å². The lowest BCUT2D eigenvalue weighted by molar-refractivity contribution is 0.593.